The Hall–Kier alpha value is -4.90. The molecule has 1 aliphatic rings. The minimum atomic E-state index is -5.08. The number of amides is 5. The van der Waals surface area contributed by atoms with Crippen molar-refractivity contribution in [1.29, 1.82) is 0 Å². The second-order valence-electron chi connectivity index (χ2n) is 11.3. The third-order valence-electron chi connectivity index (χ3n) is 7.15. The van der Waals surface area contributed by atoms with E-state index in [0.29, 0.717) is 18.5 Å². The molecule has 15 nitrogen and oxygen atoms in total. The van der Waals surface area contributed by atoms with Crippen LogP contribution in [0.3, 0.4) is 0 Å². The summed E-state index contributed by atoms with van der Waals surface area (Å²) in [6.07, 6.45) is -4.14. The van der Waals surface area contributed by atoms with E-state index >= 15 is 0 Å². The zero-order chi connectivity index (χ0) is 36.7. The Morgan fingerprint density at radius 1 is 1.04 bits per heavy atom. The topological polar surface area (TPSA) is 233 Å². The number of nitrogens with one attached hydrogen (secondary N) is 6. The minimum Gasteiger partial charge on any atom is -0.475 e. The molecule has 0 bridgehead atoms. The van der Waals surface area contributed by atoms with Crippen molar-refractivity contribution in [3.63, 3.8) is 0 Å². The summed E-state index contributed by atoms with van der Waals surface area (Å²) in [4.78, 5) is 79.0. The van der Waals surface area contributed by atoms with Gasteiger partial charge in [-0.1, -0.05) is 51.1 Å². The van der Waals surface area contributed by atoms with Crippen LogP contribution in [0.4, 0.5) is 13.2 Å². The number of guanidine groups is 1. The highest BCUT2D eigenvalue weighted by molar-refractivity contribution is 5.97. The van der Waals surface area contributed by atoms with Crippen LogP contribution in [0.5, 0.6) is 0 Å². The van der Waals surface area contributed by atoms with Gasteiger partial charge in [-0.3, -0.25) is 29.0 Å². The van der Waals surface area contributed by atoms with E-state index in [4.69, 9.17) is 15.6 Å². The number of halogens is 3. The summed E-state index contributed by atoms with van der Waals surface area (Å²) in [6.45, 7) is 7.11. The van der Waals surface area contributed by atoms with Crippen LogP contribution in [-0.2, 0) is 28.8 Å². The van der Waals surface area contributed by atoms with Gasteiger partial charge in [0.15, 0.2) is 5.96 Å². The largest absolute Gasteiger partial charge is 0.490 e. The maximum atomic E-state index is 13.6. The lowest BCUT2D eigenvalue weighted by Gasteiger charge is -2.33. The molecule has 1 fully saturated rings. The summed E-state index contributed by atoms with van der Waals surface area (Å²) in [5.41, 5.74) is 4.80. The van der Waals surface area contributed by atoms with E-state index in [2.05, 4.69) is 36.9 Å². The highest BCUT2D eigenvalue weighted by Gasteiger charge is 2.39. The predicted octanol–water partition coefficient (Wildman–Crippen LogP) is 0.222. The van der Waals surface area contributed by atoms with E-state index in [1.807, 2.05) is 0 Å². The van der Waals surface area contributed by atoms with Gasteiger partial charge in [-0.15, -0.1) is 0 Å². The Kier molecular flexibility index (Phi) is 16.3. The maximum Gasteiger partial charge on any atom is 0.490 e. The van der Waals surface area contributed by atoms with Crippen LogP contribution in [0.2, 0.25) is 0 Å². The number of carbonyl (C=O) groups excluding carboxylic acids is 5. The monoisotopic (exact) mass is 686 g/mol. The molecular weight excluding hydrogens is 641 g/mol. The van der Waals surface area contributed by atoms with Gasteiger partial charge in [0, 0.05) is 26.1 Å². The maximum absolute atomic E-state index is 13.6. The van der Waals surface area contributed by atoms with Gasteiger partial charge in [0.2, 0.25) is 29.5 Å². The third kappa shape index (κ3) is 13.4. The lowest BCUT2D eigenvalue weighted by atomic mass is 9.94. The first-order valence-corrected chi connectivity index (χ1v) is 15.2. The molecular formula is C30H45F3N8O7. The molecule has 1 aromatic rings. The minimum absolute atomic E-state index is 0.0218. The molecule has 0 aromatic heterocycles. The van der Waals surface area contributed by atoms with Crippen LogP contribution in [0.25, 0.3) is 0 Å². The molecule has 9 N–H and O–H groups in total. The fourth-order valence-electron chi connectivity index (χ4n) is 4.19. The van der Waals surface area contributed by atoms with Gasteiger partial charge in [0.1, 0.15) is 23.7 Å². The van der Waals surface area contributed by atoms with Crippen molar-refractivity contribution >= 4 is 41.5 Å². The molecule has 18 heteroatoms. The summed E-state index contributed by atoms with van der Waals surface area (Å²) in [5, 5.41) is 23.9. The number of hydrogen-bond donors (Lipinski definition) is 8. The quantitative estimate of drug-likeness (QED) is 0.106. The van der Waals surface area contributed by atoms with Crippen LogP contribution >= 0.6 is 0 Å². The molecule has 1 aromatic carbocycles. The van der Waals surface area contributed by atoms with Crippen molar-refractivity contribution < 1.29 is 47.0 Å². The number of carbonyl (C=O) groups is 6. The summed E-state index contributed by atoms with van der Waals surface area (Å²) in [5.74, 6) is -5.43. The summed E-state index contributed by atoms with van der Waals surface area (Å²) < 4.78 is 31.7. The highest BCUT2D eigenvalue weighted by atomic mass is 19.4. The number of carboxylic acid groups (broad SMARTS) is 1. The van der Waals surface area contributed by atoms with E-state index in [-0.39, 0.29) is 37.7 Å². The number of nitrogens with two attached hydrogens (primary N) is 1. The van der Waals surface area contributed by atoms with Crippen LogP contribution in [0.15, 0.2) is 35.3 Å². The Labute approximate surface area is 276 Å². The Bertz CT molecular complexity index is 1310. The molecule has 2 rings (SSSR count). The van der Waals surface area contributed by atoms with Gasteiger partial charge in [-0.25, -0.2) is 4.79 Å². The first-order chi connectivity index (χ1) is 22.4. The molecule has 1 heterocycles. The van der Waals surface area contributed by atoms with Gasteiger partial charge >= 0.3 is 12.1 Å². The highest BCUT2D eigenvalue weighted by Crippen LogP contribution is 2.17. The zero-order valence-corrected chi connectivity index (χ0v) is 27.5. The normalized spacial score (nSPS) is 22.9. The number of carboxylic acids is 1. The number of aliphatic imine (C=N–C) groups is 1. The first-order valence-electron chi connectivity index (χ1n) is 15.2. The Morgan fingerprint density at radius 3 is 2.15 bits per heavy atom. The molecule has 0 saturated carbocycles. The van der Waals surface area contributed by atoms with E-state index in [9.17, 15) is 37.1 Å². The zero-order valence-electron chi connectivity index (χ0n) is 27.5. The van der Waals surface area contributed by atoms with Crippen molar-refractivity contribution in [3.8, 4) is 0 Å². The molecule has 4 unspecified atom stereocenters. The van der Waals surface area contributed by atoms with E-state index in [1.54, 1.807) is 65.1 Å². The summed E-state index contributed by atoms with van der Waals surface area (Å²) in [6, 6.07) is 5.72. The lowest BCUT2D eigenvalue weighted by molar-refractivity contribution is -0.192. The van der Waals surface area contributed by atoms with Gasteiger partial charge in [0.05, 0.1) is 0 Å². The number of rotatable bonds is 8. The SMILES string of the molecule is CCC1NC(=O)C(CCCNC(N)=NC)NC(=O)C(C)(NC(=O)C(C)C)CCNC(=O)C(c2ccccc2)NC1=O.O=C(O)C(F)(F)F. The molecule has 0 aliphatic carbocycles. The van der Waals surface area contributed by atoms with Crippen molar-refractivity contribution in [2.75, 3.05) is 20.1 Å². The fraction of sp³-hybridized carbons (Fsp3) is 0.567. The van der Waals surface area contributed by atoms with Crippen LogP contribution < -0.4 is 37.6 Å². The number of aliphatic carboxylic acids is 1. The molecule has 0 radical (unpaired) electrons. The first kappa shape index (κ1) is 41.1. The molecule has 1 saturated heterocycles. The molecule has 1 aliphatic heterocycles. The Morgan fingerprint density at radius 2 is 1.62 bits per heavy atom. The van der Waals surface area contributed by atoms with Gasteiger partial charge in [0.25, 0.3) is 0 Å². The summed E-state index contributed by atoms with van der Waals surface area (Å²) in [7, 11) is 1.54. The molecule has 268 valence electrons. The fourth-order valence-corrected chi connectivity index (χ4v) is 4.19. The third-order valence-corrected chi connectivity index (χ3v) is 7.15. The van der Waals surface area contributed by atoms with Crippen molar-refractivity contribution in [3.05, 3.63) is 35.9 Å². The molecule has 0 spiro atoms. The second kappa shape index (κ2) is 19.0. The average Bonchev–Trinajstić information content (AvgIpc) is 3.02. The van der Waals surface area contributed by atoms with Gasteiger partial charge in [-0.05, 0) is 38.2 Å². The van der Waals surface area contributed by atoms with E-state index in [0.717, 1.165) is 0 Å². The number of alkyl halides is 3. The Balaban J connectivity index is 0.00000148. The van der Waals surface area contributed by atoms with Crippen LogP contribution in [0.1, 0.15) is 65.0 Å². The van der Waals surface area contributed by atoms with Crippen LogP contribution in [-0.4, -0.2) is 90.5 Å². The molecule has 4 atom stereocenters. The van der Waals surface area contributed by atoms with E-state index in [1.165, 1.54) is 0 Å². The number of hydrogen-bond acceptors (Lipinski definition) is 7. The van der Waals surface area contributed by atoms with E-state index < -0.39 is 65.4 Å². The molecule has 48 heavy (non-hydrogen) atoms. The number of nitrogens with zero attached hydrogens (tertiary/aromatic N) is 1. The van der Waals surface area contributed by atoms with Gasteiger partial charge < -0.3 is 42.7 Å². The predicted molar refractivity (Wildman–Crippen MR) is 169 cm³/mol. The van der Waals surface area contributed by atoms with Crippen LogP contribution in [0, 0.1) is 5.92 Å². The van der Waals surface area contributed by atoms with Crippen molar-refractivity contribution in [1.82, 2.24) is 31.9 Å². The number of benzene rings is 1. The van der Waals surface area contributed by atoms with Crippen molar-refractivity contribution in [2.24, 2.45) is 16.6 Å². The molecule has 5 amide bonds. The standard InChI is InChI=1S/C28H44N8O5.C2HF3O2/c1-6-19-23(38)35-21(18-11-8-7-9-12-18)25(40)31-16-14-28(4,36-22(37)17(2)3)26(41)34-20(24(39)33-19)13-10-15-32-27(29)30-5;3-2(4,5)1(6)7/h7-9,11-12,17,19-21H,6,10,13-16H2,1-5H3,(H,31,40)(H,33,39)(H,34,41)(H,35,38)(H,36,37)(H3,29,30,32);(H,6,7). The second-order valence-corrected chi connectivity index (χ2v) is 11.3. The lowest BCUT2D eigenvalue weighted by Crippen LogP contribution is -2.63. The van der Waals surface area contributed by atoms with Crippen molar-refractivity contribution in [2.45, 2.75) is 83.2 Å². The summed E-state index contributed by atoms with van der Waals surface area (Å²) >= 11 is 0. The average molecular weight is 687 g/mol. The smallest absolute Gasteiger partial charge is 0.475 e. The van der Waals surface area contributed by atoms with Gasteiger partial charge in [-0.2, -0.15) is 13.2 Å².